The molecule has 110 valence electrons. The molecule has 2 saturated heterocycles. The number of likely N-dealkylation sites (N-methyl/N-ethyl adjacent to an activating group) is 1. The third kappa shape index (κ3) is 2.87. The topological polar surface area (TPSA) is 54.5 Å². The summed E-state index contributed by atoms with van der Waals surface area (Å²) in [6.45, 7) is 4.91. The van der Waals surface area contributed by atoms with E-state index in [1.54, 1.807) is 18.4 Å². The summed E-state index contributed by atoms with van der Waals surface area (Å²) < 4.78 is 5.92. The van der Waals surface area contributed by atoms with Crippen LogP contribution in [-0.2, 0) is 16.1 Å². The number of hydrogen-bond donors (Lipinski definition) is 1. The van der Waals surface area contributed by atoms with Crippen LogP contribution in [-0.4, -0.2) is 48.1 Å². The third-order valence-electron chi connectivity index (χ3n) is 4.23. The van der Waals surface area contributed by atoms with Crippen molar-refractivity contribution in [2.75, 3.05) is 20.1 Å². The van der Waals surface area contributed by atoms with E-state index in [-0.39, 0.29) is 18.1 Å². The number of ether oxygens (including phenoxy) is 1. The van der Waals surface area contributed by atoms with Crippen molar-refractivity contribution in [1.29, 1.82) is 0 Å². The third-order valence-corrected chi connectivity index (χ3v) is 5.05. The minimum absolute atomic E-state index is 0.0149. The molecule has 0 aromatic carbocycles. The van der Waals surface area contributed by atoms with Gasteiger partial charge in [-0.1, -0.05) is 0 Å². The van der Waals surface area contributed by atoms with Crippen molar-refractivity contribution >= 4 is 17.2 Å². The molecule has 0 radical (unpaired) electrons. The second-order valence-electron chi connectivity index (χ2n) is 5.65. The predicted molar refractivity (Wildman–Crippen MR) is 77.6 cm³/mol. The molecule has 1 aromatic rings. The molecule has 5 nitrogen and oxygen atoms in total. The van der Waals surface area contributed by atoms with Crippen LogP contribution in [0.5, 0.6) is 0 Å². The van der Waals surface area contributed by atoms with E-state index in [0.717, 1.165) is 43.2 Å². The Balaban J connectivity index is 1.57. The van der Waals surface area contributed by atoms with Gasteiger partial charge in [-0.3, -0.25) is 9.69 Å². The van der Waals surface area contributed by atoms with Gasteiger partial charge in [0.2, 0.25) is 5.91 Å². The largest absolute Gasteiger partial charge is 0.364 e. The fourth-order valence-electron chi connectivity index (χ4n) is 3.18. The van der Waals surface area contributed by atoms with Crippen molar-refractivity contribution < 1.29 is 9.53 Å². The van der Waals surface area contributed by atoms with Crippen LogP contribution in [0.1, 0.15) is 23.5 Å². The van der Waals surface area contributed by atoms with Gasteiger partial charge in [0.25, 0.3) is 0 Å². The maximum atomic E-state index is 11.7. The predicted octanol–water partition coefficient (Wildman–Crippen LogP) is 1.18. The van der Waals surface area contributed by atoms with Gasteiger partial charge in [-0.15, -0.1) is 11.3 Å². The highest BCUT2D eigenvalue weighted by Crippen LogP contribution is 2.33. The van der Waals surface area contributed by atoms with E-state index in [1.165, 1.54) is 0 Å². The van der Waals surface area contributed by atoms with Crippen LogP contribution in [0.2, 0.25) is 0 Å². The number of rotatable bonds is 3. The molecule has 0 unspecified atom stereocenters. The number of thiazole rings is 1. The molecule has 2 fully saturated rings. The van der Waals surface area contributed by atoms with E-state index < -0.39 is 0 Å². The minimum Gasteiger partial charge on any atom is -0.364 e. The summed E-state index contributed by atoms with van der Waals surface area (Å²) in [6, 6.07) is 0. The Morgan fingerprint density at radius 2 is 2.50 bits per heavy atom. The average Bonchev–Trinajstić information content (AvgIpc) is 3.03. The highest BCUT2D eigenvalue weighted by atomic mass is 32.1. The Kier molecular flexibility index (Phi) is 4.05. The van der Waals surface area contributed by atoms with Crippen LogP contribution in [0.25, 0.3) is 0 Å². The summed E-state index contributed by atoms with van der Waals surface area (Å²) in [7, 11) is 1.67. The molecular formula is C14H21N3O2S. The zero-order chi connectivity index (χ0) is 14.1. The number of fused-ring (bicyclic) bond motifs is 1. The molecule has 0 saturated carbocycles. The van der Waals surface area contributed by atoms with E-state index in [0.29, 0.717) is 5.92 Å². The Labute approximate surface area is 123 Å². The van der Waals surface area contributed by atoms with Crippen molar-refractivity contribution in [2.45, 2.75) is 38.5 Å². The molecule has 3 rings (SSSR count). The molecule has 0 spiro atoms. The van der Waals surface area contributed by atoms with E-state index in [9.17, 15) is 4.79 Å². The molecule has 3 atom stereocenters. The second-order valence-corrected chi connectivity index (χ2v) is 6.72. The molecule has 1 aromatic heterocycles. The quantitative estimate of drug-likeness (QED) is 0.910. The van der Waals surface area contributed by atoms with Crippen molar-refractivity contribution in [1.82, 2.24) is 15.2 Å². The number of amides is 1. The van der Waals surface area contributed by atoms with Crippen LogP contribution >= 0.6 is 11.3 Å². The molecule has 6 heteroatoms. The van der Waals surface area contributed by atoms with Gasteiger partial charge in [-0.2, -0.15) is 0 Å². The molecule has 0 aliphatic carbocycles. The number of piperidine rings is 1. The average molecular weight is 295 g/mol. The first-order valence-corrected chi connectivity index (χ1v) is 8.04. The lowest BCUT2D eigenvalue weighted by molar-refractivity contribution is -0.132. The van der Waals surface area contributed by atoms with Crippen LogP contribution < -0.4 is 5.32 Å². The lowest BCUT2D eigenvalue weighted by atomic mass is 9.91. The Morgan fingerprint density at radius 1 is 1.65 bits per heavy atom. The Bertz CT molecular complexity index is 491. The van der Waals surface area contributed by atoms with Gasteiger partial charge >= 0.3 is 0 Å². The summed E-state index contributed by atoms with van der Waals surface area (Å²) in [5.41, 5.74) is 1.15. The van der Waals surface area contributed by atoms with Crippen molar-refractivity contribution in [3.63, 3.8) is 0 Å². The van der Waals surface area contributed by atoms with Gasteiger partial charge < -0.3 is 10.1 Å². The van der Waals surface area contributed by atoms with Gasteiger partial charge in [-0.25, -0.2) is 4.98 Å². The molecule has 2 aliphatic heterocycles. The normalized spacial score (nSPS) is 30.2. The molecule has 20 heavy (non-hydrogen) atoms. The van der Waals surface area contributed by atoms with E-state index in [2.05, 4.69) is 20.6 Å². The second kappa shape index (κ2) is 5.79. The lowest BCUT2D eigenvalue weighted by Gasteiger charge is -2.33. The van der Waals surface area contributed by atoms with Gasteiger partial charge in [0.05, 0.1) is 16.8 Å². The fourth-order valence-corrected chi connectivity index (χ4v) is 3.78. The lowest BCUT2D eigenvalue weighted by Crippen LogP contribution is -2.42. The first-order chi connectivity index (χ1) is 9.65. The zero-order valence-electron chi connectivity index (χ0n) is 12.0. The Hall–Kier alpha value is -0.980. The number of likely N-dealkylation sites (tertiary alicyclic amines) is 1. The standard InChI is InChI=1S/C14H21N3O2S/c1-9-16-11(8-20-9)6-17-4-3-10-5-12(14(18)15-2)19-13(10)7-17/h8,10,12-13H,3-7H2,1-2H3,(H,15,18)/t10-,12-,13+/m1/s1. The number of carbonyl (C=O) groups is 1. The molecular weight excluding hydrogens is 274 g/mol. The van der Waals surface area contributed by atoms with Gasteiger partial charge in [0.1, 0.15) is 6.10 Å². The summed E-state index contributed by atoms with van der Waals surface area (Å²) in [5, 5.41) is 5.93. The van der Waals surface area contributed by atoms with Crippen molar-refractivity contribution in [2.24, 2.45) is 5.92 Å². The summed E-state index contributed by atoms with van der Waals surface area (Å²) in [5.74, 6) is 0.548. The first-order valence-electron chi connectivity index (χ1n) is 7.16. The number of nitrogens with one attached hydrogen (secondary N) is 1. The SMILES string of the molecule is CNC(=O)[C@H]1C[C@H]2CCN(Cc3csc(C)n3)C[C@@H]2O1. The number of aromatic nitrogens is 1. The van der Waals surface area contributed by atoms with Crippen molar-refractivity contribution in [3.8, 4) is 0 Å². The zero-order valence-corrected chi connectivity index (χ0v) is 12.8. The molecule has 1 amide bonds. The number of hydrogen-bond acceptors (Lipinski definition) is 5. The molecule has 3 heterocycles. The monoisotopic (exact) mass is 295 g/mol. The van der Waals surface area contributed by atoms with Gasteiger partial charge in [-0.05, 0) is 32.2 Å². The van der Waals surface area contributed by atoms with E-state index >= 15 is 0 Å². The maximum Gasteiger partial charge on any atom is 0.248 e. The highest BCUT2D eigenvalue weighted by molar-refractivity contribution is 7.09. The van der Waals surface area contributed by atoms with Crippen LogP contribution in [0, 0.1) is 12.8 Å². The van der Waals surface area contributed by atoms with E-state index in [1.807, 2.05) is 6.92 Å². The van der Waals surface area contributed by atoms with Crippen LogP contribution in [0.4, 0.5) is 0 Å². The summed E-state index contributed by atoms with van der Waals surface area (Å²) in [4.78, 5) is 18.6. The van der Waals surface area contributed by atoms with Crippen LogP contribution in [0.3, 0.4) is 0 Å². The minimum atomic E-state index is -0.253. The van der Waals surface area contributed by atoms with E-state index in [4.69, 9.17) is 4.74 Å². The number of aryl methyl sites for hydroxylation is 1. The maximum absolute atomic E-state index is 11.7. The van der Waals surface area contributed by atoms with Crippen LogP contribution in [0.15, 0.2) is 5.38 Å². The highest BCUT2D eigenvalue weighted by Gasteiger charge is 2.41. The van der Waals surface area contributed by atoms with Gasteiger partial charge in [0, 0.05) is 25.5 Å². The van der Waals surface area contributed by atoms with Gasteiger partial charge in [0.15, 0.2) is 0 Å². The van der Waals surface area contributed by atoms with Crippen molar-refractivity contribution in [3.05, 3.63) is 16.1 Å². The molecule has 2 aliphatic rings. The number of nitrogens with zero attached hydrogens (tertiary/aromatic N) is 2. The summed E-state index contributed by atoms with van der Waals surface area (Å²) >= 11 is 1.70. The molecule has 1 N–H and O–H groups in total. The number of carbonyl (C=O) groups excluding carboxylic acids is 1. The fraction of sp³-hybridized carbons (Fsp3) is 0.714. The molecule has 0 bridgehead atoms. The first kappa shape index (κ1) is 14.0. The smallest absolute Gasteiger partial charge is 0.248 e. The Morgan fingerprint density at radius 3 is 3.20 bits per heavy atom. The summed E-state index contributed by atoms with van der Waals surface area (Å²) in [6.07, 6.45) is 1.93.